The van der Waals surface area contributed by atoms with E-state index in [0.29, 0.717) is 0 Å². The first kappa shape index (κ1) is 11.0. The normalized spacial score (nSPS) is 10.0. The molecule has 0 bridgehead atoms. The minimum absolute atomic E-state index is 0.254. The molecule has 0 saturated heterocycles. The van der Waals surface area contributed by atoms with Gasteiger partial charge in [0.05, 0.1) is 5.03 Å². The largest absolute Gasteiger partial charge is 0.481 e. The van der Waals surface area contributed by atoms with E-state index in [4.69, 9.17) is 5.11 Å². The Bertz CT molecular complexity index is 279. The Balaban J connectivity index is 2.08. The SMILES string of the molecule is O=C(O)CCCCSc1ccncn1. The van der Waals surface area contributed by atoms with Crippen LogP contribution in [0.3, 0.4) is 0 Å². The molecule has 0 unspecified atom stereocenters. The van der Waals surface area contributed by atoms with E-state index in [1.807, 2.05) is 6.07 Å². The van der Waals surface area contributed by atoms with Gasteiger partial charge in [0.15, 0.2) is 0 Å². The molecular weight excluding hydrogens is 200 g/mol. The summed E-state index contributed by atoms with van der Waals surface area (Å²) in [5.41, 5.74) is 0. The van der Waals surface area contributed by atoms with Crippen LogP contribution in [0.1, 0.15) is 19.3 Å². The third-order valence-corrected chi connectivity index (χ3v) is 2.62. The molecule has 5 heteroatoms. The first-order chi connectivity index (χ1) is 6.79. The number of aliphatic carboxylic acids is 1. The molecule has 1 aromatic rings. The van der Waals surface area contributed by atoms with Crippen LogP contribution < -0.4 is 0 Å². The fourth-order valence-corrected chi connectivity index (χ4v) is 1.76. The van der Waals surface area contributed by atoms with Crippen LogP contribution in [0.4, 0.5) is 0 Å². The molecule has 1 N–H and O–H groups in total. The summed E-state index contributed by atoms with van der Waals surface area (Å²) in [4.78, 5) is 18.1. The van der Waals surface area contributed by atoms with Crippen molar-refractivity contribution in [3.8, 4) is 0 Å². The number of nitrogens with zero attached hydrogens (tertiary/aromatic N) is 2. The first-order valence-corrected chi connectivity index (χ1v) is 5.38. The summed E-state index contributed by atoms with van der Waals surface area (Å²) in [6, 6.07) is 1.85. The van der Waals surface area contributed by atoms with Crippen LogP contribution in [0, 0.1) is 0 Å². The molecule has 0 fully saturated rings. The van der Waals surface area contributed by atoms with E-state index in [9.17, 15) is 4.79 Å². The van der Waals surface area contributed by atoms with E-state index < -0.39 is 5.97 Å². The second-order valence-corrected chi connectivity index (χ2v) is 3.86. The summed E-state index contributed by atoms with van der Waals surface area (Å²) < 4.78 is 0. The maximum Gasteiger partial charge on any atom is 0.303 e. The molecule has 4 nitrogen and oxygen atoms in total. The number of hydrogen-bond donors (Lipinski definition) is 1. The Kier molecular flexibility index (Phi) is 4.99. The van der Waals surface area contributed by atoms with Gasteiger partial charge in [-0.05, 0) is 24.7 Å². The highest BCUT2D eigenvalue weighted by Crippen LogP contribution is 2.15. The highest BCUT2D eigenvalue weighted by atomic mass is 32.2. The van der Waals surface area contributed by atoms with Gasteiger partial charge in [-0.1, -0.05) is 0 Å². The highest BCUT2D eigenvalue weighted by molar-refractivity contribution is 7.99. The van der Waals surface area contributed by atoms with Gasteiger partial charge in [0.2, 0.25) is 0 Å². The first-order valence-electron chi connectivity index (χ1n) is 4.39. The van der Waals surface area contributed by atoms with Gasteiger partial charge < -0.3 is 5.11 Å². The van der Waals surface area contributed by atoms with E-state index in [-0.39, 0.29) is 6.42 Å². The van der Waals surface area contributed by atoms with Crippen LogP contribution in [0.2, 0.25) is 0 Å². The van der Waals surface area contributed by atoms with Gasteiger partial charge in [-0.3, -0.25) is 4.79 Å². The second kappa shape index (κ2) is 6.37. The number of hydrogen-bond acceptors (Lipinski definition) is 4. The maximum atomic E-state index is 10.2. The molecule has 0 aromatic carbocycles. The number of unbranched alkanes of at least 4 members (excludes halogenated alkanes) is 1. The average molecular weight is 212 g/mol. The van der Waals surface area contributed by atoms with Gasteiger partial charge in [0.25, 0.3) is 0 Å². The molecule has 0 aliphatic carbocycles. The van der Waals surface area contributed by atoms with E-state index in [0.717, 1.165) is 23.6 Å². The summed E-state index contributed by atoms with van der Waals surface area (Å²) in [6.45, 7) is 0. The van der Waals surface area contributed by atoms with Crippen LogP contribution in [0.25, 0.3) is 0 Å². The minimum atomic E-state index is -0.725. The monoisotopic (exact) mass is 212 g/mol. The summed E-state index contributed by atoms with van der Waals surface area (Å²) in [6.07, 6.45) is 5.10. The summed E-state index contributed by atoms with van der Waals surface area (Å²) in [5, 5.41) is 9.34. The maximum absolute atomic E-state index is 10.2. The Hall–Kier alpha value is -1.10. The Labute approximate surface area is 86.8 Å². The molecule has 76 valence electrons. The molecule has 0 aliphatic heterocycles. The van der Waals surface area contributed by atoms with E-state index in [1.54, 1.807) is 18.0 Å². The van der Waals surface area contributed by atoms with E-state index in [1.165, 1.54) is 6.33 Å². The topological polar surface area (TPSA) is 63.1 Å². The van der Waals surface area contributed by atoms with Gasteiger partial charge in [-0.25, -0.2) is 9.97 Å². The standard InChI is InChI=1S/C9H12N2O2S/c12-9(13)3-1-2-6-14-8-4-5-10-7-11-8/h4-5,7H,1-3,6H2,(H,12,13). The third-order valence-electron chi connectivity index (χ3n) is 1.59. The lowest BCUT2D eigenvalue weighted by Gasteiger charge is -1.98. The molecule has 1 aromatic heterocycles. The lowest BCUT2D eigenvalue weighted by molar-refractivity contribution is -0.137. The Morgan fingerprint density at radius 1 is 1.50 bits per heavy atom. The molecule has 0 spiro atoms. The zero-order chi connectivity index (χ0) is 10.2. The summed E-state index contributed by atoms with van der Waals surface area (Å²) in [7, 11) is 0. The van der Waals surface area contributed by atoms with E-state index >= 15 is 0 Å². The molecule has 14 heavy (non-hydrogen) atoms. The number of aromatic nitrogens is 2. The van der Waals surface area contributed by atoms with Crippen LogP contribution in [-0.4, -0.2) is 26.8 Å². The number of thioether (sulfide) groups is 1. The van der Waals surface area contributed by atoms with Crippen molar-refractivity contribution in [3.63, 3.8) is 0 Å². The van der Waals surface area contributed by atoms with Gasteiger partial charge in [0, 0.05) is 12.6 Å². The van der Waals surface area contributed by atoms with Gasteiger partial charge in [0.1, 0.15) is 6.33 Å². The molecule has 0 atom stereocenters. The lowest BCUT2D eigenvalue weighted by atomic mass is 10.3. The fraction of sp³-hybridized carbons (Fsp3) is 0.444. The lowest BCUT2D eigenvalue weighted by Crippen LogP contribution is -1.94. The molecule has 1 rings (SSSR count). The van der Waals surface area contributed by atoms with Crippen molar-refractivity contribution in [2.45, 2.75) is 24.3 Å². The molecule has 0 amide bonds. The van der Waals surface area contributed by atoms with Crippen LogP contribution in [-0.2, 0) is 4.79 Å². The molecule has 0 radical (unpaired) electrons. The van der Waals surface area contributed by atoms with Crippen molar-refractivity contribution in [2.75, 3.05) is 5.75 Å². The van der Waals surface area contributed by atoms with Gasteiger partial charge in [-0.2, -0.15) is 0 Å². The van der Waals surface area contributed by atoms with Crippen molar-refractivity contribution in [2.24, 2.45) is 0 Å². The molecule has 0 saturated carbocycles. The number of carboxylic acids is 1. The van der Waals surface area contributed by atoms with Crippen molar-refractivity contribution in [1.82, 2.24) is 9.97 Å². The smallest absolute Gasteiger partial charge is 0.303 e. The Morgan fingerprint density at radius 3 is 3.00 bits per heavy atom. The number of carbonyl (C=O) groups is 1. The van der Waals surface area contributed by atoms with Crippen molar-refractivity contribution in [1.29, 1.82) is 0 Å². The van der Waals surface area contributed by atoms with Gasteiger partial charge >= 0.3 is 5.97 Å². The summed E-state index contributed by atoms with van der Waals surface area (Å²) >= 11 is 1.63. The molecule has 1 heterocycles. The van der Waals surface area contributed by atoms with E-state index in [2.05, 4.69) is 9.97 Å². The molecular formula is C9H12N2O2S. The summed E-state index contributed by atoms with van der Waals surface area (Å²) in [5.74, 6) is 0.182. The Morgan fingerprint density at radius 2 is 2.36 bits per heavy atom. The van der Waals surface area contributed by atoms with Gasteiger partial charge in [-0.15, -0.1) is 11.8 Å². The average Bonchev–Trinajstić information content (AvgIpc) is 2.18. The van der Waals surface area contributed by atoms with Crippen LogP contribution in [0.15, 0.2) is 23.6 Å². The predicted molar refractivity (Wildman–Crippen MR) is 54.2 cm³/mol. The number of carboxylic acid groups (broad SMARTS) is 1. The zero-order valence-corrected chi connectivity index (χ0v) is 8.54. The van der Waals surface area contributed by atoms with Crippen molar-refractivity contribution >= 4 is 17.7 Å². The predicted octanol–water partition coefficient (Wildman–Crippen LogP) is 1.82. The molecule has 0 aliphatic rings. The number of rotatable bonds is 6. The minimum Gasteiger partial charge on any atom is -0.481 e. The zero-order valence-electron chi connectivity index (χ0n) is 7.72. The second-order valence-electron chi connectivity index (χ2n) is 2.75. The van der Waals surface area contributed by atoms with Crippen LogP contribution in [0.5, 0.6) is 0 Å². The third kappa shape index (κ3) is 4.81. The van der Waals surface area contributed by atoms with Crippen molar-refractivity contribution < 1.29 is 9.90 Å². The quantitative estimate of drug-likeness (QED) is 0.442. The van der Waals surface area contributed by atoms with Crippen LogP contribution >= 0.6 is 11.8 Å². The fourth-order valence-electron chi connectivity index (χ4n) is 0.919. The van der Waals surface area contributed by atoms with Crippen molar-refractivity contribution in [3.05, 3.63) is 18.6 Å². The highest BCUT2D eigenvalue weighted by Gasteiger charge is 1.97.